The molecule has 11 heteroatoms. The Balaban J connectivity index is 1.95. The van der Waals surface area contributed by atoms with Crippen molar-refractivity contribution in [3.8, 4) is 17.4 Å². The molecule has 0 radical (unpaired) electrons. The number of nitrogens with zero attached hydrogens (tertiary/aromatic N) is 2. The second-order valence-corrected chi connectivity index (χ2v) is 6.71. The summed E-state index contributed by atoms with van der Waals surface area (Å²) >= 11 is 0. The largest absolute Gasteiger partial charge is 0.459 e. The summed E-state index contributed by atoms with van der Waals surface area (Å²) in [6.45, 7) is -2.18. The maximum Gasteiger partial charge on any atom is 0.417 e. The fourth-order valence-corrected chi connectivity index (χ4v) is 2.97. The summed E-state index contributed by atoms with van der Waals surface area (Å²) < 4.78 is 111. The number of halogens is 8. The molecule has 1 aromatic heterocycles. The summed E-state index contributed by atoms with van der Waals surface area (Å²) in [5, 5.41) is 8.87. The van der Waals surface area contributed by atoms with Crippen LogP contribution < -0.4 is 4.90 Å². The zero-order valence-electron chi connectivity index (χ0n) is 15.9. The fraction of sp³-hybridized carbons (Fsp3) is 0.190. The van der Waals surface area contributed by atoms with Gasteiger partial charge in [-0.2, -0.15) is 31.6 Å². The average Bonchev–Trinajstić information content (AvgIpc) is 3.16. The van der Waals surface area contributed by atoms with Crippen LogP contribution in [0.2, 0.25) is 0 Å². The van der Waals surface area contributed by atoms with Crippen LogP contribution in [-0.4, -0.2) is 12.7 Å². The molecule has 0 spiro atoms. The first kappa shape index (κ1) is 23.1. The highest BCUT2D eigenvalue weighted by Crippen LogP contribution is 2.36. The molecular formula is C21H12F8N2O. The molecule has 0 N–H and O–H groups in total. The van der Waals surface area contributed by atoms with Gasteiger partial charge in [-0.15, -0.1) is 0 Å². The Bertz CT molecular complexity index is 1160. The lowest BCUT2D eigenvalue weighted by Gasteiger charge is -2.26. The van der Waals surface area contributed by atoms with Crippen molar-refractivity contribution < 1.29 is 39.5 Å². The van der Waals surface area contributed by atoms with Crippen LogP contribution in [0.1, 0.15) is 16.9 Å². The number of anilines is 1. The molecule has 0 aliphatic carbocycles. The molecule has 0 atom stereocenters. The summed E-state index contributed by atoms with van der Waals surface area (Å²) in [4.78, 5) is 0.601. The van der Waals surface area contributed by atoms with Crippen LogP contribution in [0.5, 0.6) is 0 Å². The van der Waals surface area contributed by atoms with Crippen LogP contribution in [-0.2, 0) is 12.7 Å². The molecule has 1 heterocycles. The molecule has 0 unspecified atom stereocenters. The number of alkyl halides is 6. The lowest BCUT2D eigenvalue weighted by molar-refractivity contribution is -0.137. The molecule has 0 saturated carbocycles. The van der Waals surface area contributed by atoms with Crippen molar-refractivity contribution >= 4 is 5.69 Å². The number of furan rings is 1. The first-order valence-corrected chi connectivity index (χ1v) is 8.84. The Morgan fingerprint density at radius 1 is 0.875 bits per heavy atom. The van der Waals surface area contributed by atoms with Crippen LogP contribution in [0.3, 0.4) is 0 Å². The van der Waals surface area contributed by atoms with E-state index in [-0.39, 0.29) is 17.1 Å². The molecule has 3 nitrogen and oxygen atoms in total. The topological polar surface area (TPSA) is 40.2 Å². The lowest BCUT2D eigenvalue weighted by atomic mass is 10.1. The number of nitriles is 1. The van der Waals surface area contributed by atoms with Gasteiger partial charge < -0.3 is 9.32 Å². The fourth-order valence-electron chi connectivity index (χ4n) is 2.97. The van der Waals surface area contributed by atoms with E-state index in [0.29, 0.717) is 11.0 Å². The van der Waals surface area contributed by atoms with Crippen molar-refractivity contribution in [1.29, 1.82) is 5.26 Å². The quantitative estimate of drug-likeness (QED) is 0.399. The average molecular weight is 460 g/mol. The minimum Gasteiger partial charge on any atom is -0.459 e. The molecule has 3 aromatic rings. The maximum atomic E-state index is 13.4. The van der Waals surface area contributed by atoms with Gasteiger partial charge in [0.2, 0.25) is 0 Å². The number of rotatable bonds is 5. The van der Waals surface area contributed by atoms with Gasteiger partial charge in [0.15, 0.2) is 11.6 Å². The van der Waals surface area contributed by atoms with E-state index in [0.717, 1.165) is 24.3 Å². The van der Waals surface area contributed by atoms with Crippen molar-refractivity contribution in [1.82, 2.24) is 0 Å². The van der Waals surface area contributed by atoms with Gasteiger partial charge in [0.1, 0.15) is 18.1 Å². The standard InChI is InChI=1S/C21H12F8N2O/c22-17-5-2-12(7-18(17)23)19-6-4-15(32-19)10-31(11-20(24,25)26)14-3-1-13(9-30)16(8-14)21(27,28)29/h1-8H,10-11H2. The Hall–Kier alpha value is -3.55. The molecule has 0 aliphatic rings. The van der Waals surface area contributed by atoms with Crippen LogP contribution in [0.4, 0.5) is 40.8 Å². The van der Waals surface area contributed by atoms with E-state index in [2.05, 4.69) is 0 Å². The molecule has 168 valence electrons. The van der Waals surface area contributed by atoms with E-state index in [1.54, 1.807) is 0 Å². The highest BCUT2D eigenvalue weighted by molar-refractivity contribution is 5.58. The van der Waals surface area contributed by atoms with Crippen LogP contribution in [0, 0.1) is 23.0 Å². The Morgan fingerprint density at radius 2 is 1.59 bits per heavy atom. The summed E-state index contributed by atoms with van der Waals surface area (Å²) in [7, 11) is 0. The smallest absolute Gasteiger partial charge is 0.417 e. The van der Waals surface area contributed by atoms with Gasteiger partial charge in [-0.25, -0.2) is 8.78 Å². The van der Waals surface area contributed by atoms with Crippen LogP contribution in [0.25, 0.3) is 11.3 Å². The number of hydrogen-bond donors (Lipinski definition) is 0. The zero-order chi connectivity index (χ0) is 23.7. The molecule has 32 heavy (non-hydrogen) atoms. The van der Waals surface area contributed by atoms with Gasteiger partial charge in [0, 0.05) is 11.3 Å². The van der Waals surface area contributed by atoms with Crippen LogP contribution in [0.15, 0.2) is 52.9 Å². The normalized spacial score (nSPS) is 12.0. The third-order valence-corrected chi connectivity index (χ3v) is 4.38. The monoisotopic (exact) mass is 460 g/mol. The molecule has 0 saturated heterocycles. The summed E-state index contributed by atoms with van der Waals surface area (Å²) in [5.41, 5.74) is -2.41. The van der Waals surface area contributed by atoms with Gasteiger partial charge in [-0.05, 0) is 48.5 Å². The van der Waals surface area contributed by atoms with Gasteiger partial charge in [0.25, 0.3) is 0 Å². The molecule has 0 amide bonds. The van der Waals surface area contributed by atoms with E-state index < -0.39 is 53.9 Å². The molecule has 0 bridgehead atoms. The van der Waals surface area contributed by atoms with E-state index in [1.165, 1.54) is 24.3 Å². The molecule has 3 rings (SSSR count). The molecule has 0 fully saturated rings. The minimum absolute atomic E-state index is 0.0293. The molecule has 2 aromatic carbocycles. The predicted octanol–water partition coefficient (Wildman–Crippen LogP) is 6.68. The van der Waals surface area contributed by atoms with Crippen molar-refractivity contribution in [3.05, 3.63) is 77.1 Å². The van der Waals surface area contributed by atoms with E-state index in [9.17, 15) is 35.1 Å². The van der Waals surface area contributed by atoms with Gasteiger partial charge in [-0.3, -0.25) is 0 Å². The SMILES string of the molecule is N#Cc1ccc(N(Cc2ccc(-c3ccc(F)c(F)c3)o2)CC(F)(F)F)cc1C(F)(F)F. The maximum absolute atomic E-state index is 13.4. The Morgan fingerprint density at radius 3 is 2.19 bits per heavy atom. The van der Waals surface area contributed by atoms with E-state index >= 15 is 0 Å². The van der Waals surface area contributed by atoms with Gasteiger partial charge in [0.05, 0.1) is 23.7 Å². The second-order valence-electron chi connectivity index (χ2n) is 6.71. The summed E-state index contributed by atoms with van der Waals surface area (Å²) in [5.74, 6) is -2.29. The van der Waals surface area contributed by atoms with Crippen molar-refractivity contribution in [2.24, 2.45) is 0 Å². The minimum atomic E-state index is -4.95. The first-order valence-electron chi connectivity index (χ1n) is 8.84. The zero-order valence-corrected chi connectivity index (χ0v) is 15.9. The van der Waals surface area contributed by atoms with Crippen molar-refractivity contribution in [3.63, 3.8) is 0 Å². The highest BCUT2D eigenvalue weighted by Gasteiger charge is 2.36. The highest BCUT2D eigenvalue weighted by atomic mass is 19.4. The number of benzene rings is 2. The summed E-state index contributed by atoms with van der Waals surface area (Å²) in [6, 6.07) is 9.05. The van der Waals surface area contributed by atoms with Crippen molar-refractivity contribution in [2.75, 3.05) is 11.4 Å². The predicted molar refractivity (Wildman–Crippen MR) is 97.3 cm³/mol. The summed E-state index contributed by atoms with van der Waals surface area (Å²) in [6.07, 6.45) is -9.71. The Labute approximate surface area is 176 Å². The third-order valence-electron chi connectivity index (χ3n) is 4.38. The van der Waals surface area contributed by atoms with E-state index in [4.69, 9.17) is 9.68 Å². The van der Waals surface area contributed by atoms with Gasteiger partial charge in [-0.1, -0.05) is 0 Å². The lowest BCUT2D eigenvalue weighted by Crippen LogP contribution is -2.34. The third kappa shape index (κ3) is 5.38. The van der Waals surface area contributed by atoms with Crippen LogP contribution >= 0.6 is 0 Å². The molecular weight excluding hydrogens is 448 g/mol. The van der Waals surface area contributed by atoms with E-state index in [1.807, 2.05) is 0 Å². The second kappa shape index (κ2) is 8.53. The van der Waals surface area contributed by atoms with Crippen molar-refractivity contribution in [2.45, 2.75) is 18.9 Å². The first-order chi connectivity index (χ1) is 14.9. The van der Waals surface area contributed by atoms with Gasteiger partial charge >= 0.3 is 12.4 Å². The molecule has 0 aliphatic heterocycles. The Kier molecular flexibility index (Phi) is 6.16. The number of hydrogen-bond acceptors (Lipinski definition) is 3.